The Morgan fingerprint density at radius 1 is 1.45 bits per heavy atom. The number of rotatable bonds is 5. The van der Waals surface area contributed by atoms with E-state index in [2.05, 4.69) is 24.5 Å². The van der Waals surface area contributed by atoms with Crippen molar-refractivity contribution < 1.29 is 9.90 Å². The van der Waals surface area contributed by atoms with E-state index in [1.807, 2.05) is 24.3 Å². The minimum atomic E-state index is -0.759. The van der Waals surface area contributed by atoms with E-state index < -0.39 is 5.60 Å². The maximum Gasteiger partial charge on any atom is 0.314 e. The zero-order valence-electron chi connectivity index (χ0n) is 13.0. The Balaban J connectivity index is 1.82. The van der Waals surface area contributed by atoms with Crippen LogP contribution in [0.2, 0.25) is 5.02 Å². The molecule has 122 valence electrons. The molecule has 1 aromatic rings. The first kappa shape index (κ1) is 17.4. The van der Waals surface area contributed by atoms with Crippen LogP contribution < -0.4 is 10.6 Å². The van der Waals surface area contributed by atoms with Crippen molar-refractivity contribution >= 4 is 29.4 Å². The van der Waals surface area contributed by atoms with Crippen molar-refractivity contribution in [3.8, 4) is 0 Å². The van der Waals surface area contributed by atoms with Crippen molar-refractivity contribution in [2.75, 3.05) is 24.6 Å². The summed E-state index contributed by atoms with van der Waals surface area (Å²) in [6.07, 6.45) is 0.728. The van der Waals surface area contributed by atoms with Gasteiger partial charge in [0.2, 0.25) is 0 Å². The fraction of sp³-hybridized carbons (Fsp3) is 0.562. The Bertz CT molecular complexity index is 531. The van der Waals surface area contributed by atoms with Crippen LogP contribution in [0.25, 0.3) is 0 Å². The van der Waals surface area contributed by atoms with Gasteiger partial charge in [0.25, 0.3) is 0 Å². The Morgan fingerprint density at radius 3 is 2.86 bits per heavy atom. The van der Waals surface area contributed by atoms with E-state index in [0.29, 0.717) is 23.9 Å². The van der Waals surface area contributed by atoms with E-state index in [-0.39, 0.29) is 11.4 Å². The highest BCUT2D eigenvalue weighted by atomic mass is 35.5. The number of hydrogen-bond acceptors (Lipinski definition) is 3. The predicted octanol–water partition coefficient (Wildman–Crippen LogP) is 2.78. The minimum Gasteiger partial charge on any atom is -0.387 e. The fourth-order valence-electron chi connectivity index (χ4n) is 2.36. The molecule has 4 nitrogen and oxygen atoms in total. The second kappa shape index (κ2) is 7.11. The van der Waals surface area contributed by atoms with Crippen molar-refractivity contribution in [3.05, 3.63) is 34.9 Å². The maximum atomic E-state index is 11.9. The van der Waals surface area contributed by atoms with Crippen molar-refractivity contribution in [2.45, 2.75) is 31.3 Å². The summed E-state index contributed by atoms with van der Waals surface area (Å²) in [5, 5.41) is 16.5. The topological polar surface area (TPSA) is 61.4 Å². The molecular formula is C16H23ClN2O2S. The maximum absolute atomic E-state index is 11.9. The van der Waals surface area contributed by atoms with E-state index in [4.69, 9.17) is 11.6 Å². The molecule has 0 aliphatic carbocycles. The molecule has 1 unspecified atom stereocenters. The monoisotopic (exact) mass is 342 g/mol. The standard InChI is InChI=1S/C16H23ClN2O2S/c1-15(2,12-4-3-5-13(17)8-12)9-18-14(20)19-10-16(21)6-7-22-11-16/h3-5,8,21H,6-7,9-11H2,1-2H3,(H2,18,19,20). The number of amides is 2. The molecule has 1 aromatic carbocycles. The fourth-order valence-corrected chi connectivity index (χ4v) is 3.84. The Labute approximate surface area is 141 Å². The highest BCUT2D eigenvalue weighted by molar-refractivity contribution is 7.99. The lowest BCUT2D eigenvalue weighted by atomic mass is 9.85. The van der Waals surface area contributed by atoms with E-state index in [1.54, 1.807) is 11.8 Å². The molecule has 0 aromatic heterocycles. The van der Waals surface area contributed by atoms with Crippen molar-refractivity contribution in [3.63, 3.8) is 0 Å². The van der Waals surface area contributed by atoms with E-state index in [9.17, 15) is 9.90 Å². The third-order valence-electron chi connectivity index (χ3n) is 3.96. The van der Waals surface area contributed by atoms with E-state index >= 15 is 0 Å². The van der Waals surface area contributed by atoms with Crippen molar-refractivity contribution in [2.24, 2.45) is 0 Å². The number of halogens is 1. The average Bonchev–Trinajstić information content (AvgIpc) is 2.90. The summed E-state index contributed by atoms with van der Waals surface area (Å²) in [5.74, 6) is 1.63. The van der Waals surface area contributed by atoms with Gasteiger partial charge in [0.05, 0.1) is 5.60 Å². The van der Waals surface area contributed by atoms with Gasteiger partial charge >= 0.3 is 6.03 Å². The van der Waals surface area contributed by atoms with Crippen LogP contribution in [-0.4, -0.2) is 41.3 Å². The highest BCUT2D eigenvalue weighted by Crippen LogP contribution is 2.27. The molecule has 1 heterocycles. The number of benzene rings is 1. The third kappa shape index (κ3) is 4.80. The van der Waals surface area contributed by atoms with Crippen LogP contribution in [0.4, 0.5) is 4.79 Å². The number of thioether (sulfide) groups is 1. The van der Waals surface area contributed by atoms with Crippen molar-refractivity contribution in [1.82, 2.24) is 10.6 Å². The van der Waals surface area contributed by atoms with Crippen LogP contribution in [-0.2, 0) is 5.41 Å². The van der Waals surface area contributed by atoms with Gasteiger partial charge in [-0.2, -0.15) is 11.8 Å². The number of hydrogen-bond donors (Lipinski definition) is 3. The van der Waals surface area contributed by atoms with Gasteiger partial charge in [0, 0.05) is 29.3 Å². The lowest BCUT2D eigenvalue weighted by molar-refractivity contribution is 0.0699. The quantitative estimate of drug-likeness (QED) is 0.771. The molecular weight excluding hydrogens is 320 g/mol. The van der Waals surface area contributed by atoms with E-state index in [0.717, 1.165) is 17.7 Å². The molecule has 1 aliphatic rings. The van der Waals surface area contributed by atoms with Gasteiger partial charge in [0.1, 0.15) is 0 Å². The normalized spacial score (nSPS) is 21.6. The summed E-state index contributed by atoms with van der Waals surface area (Å²) in [6, 6.07) is 7.41. The number of carbonyl (C=O) groups excluding carboxylic acids is 1. The predicted molar refractivity (Wildman–Crippen MR) is 92.8 cm³/mol. The third-order valence-corrected chi connectivity index (χ3v) is 5.43. The van der Waals surface area contributed by atoms with Crippen LogP contribution in [0.15, 0.2) is 24.3 Å². The Kier molecular flexibility index (Phi) is 5.64. The SMILES string of the molecule is CC(C)(CNC(=O)NCC1(O)CCSC1)c1cccc(Cl)c1. The molecule has 3 N–H and O–H groups in total. The van der Waals surface area contributed by atoms with Gasteiger partial charge in [-0.05, 0) is 29.9 Å². The second-order valence-corrected chi connectivity index (χ2v) is 8.00. The molecule has 0 saturated carbocycles. The lowest BCUT2D eigenvalue weighted by Gasteiger charge is -2.27. The average molecular weight is 343 g/mol. The molecule has 1 atom stereocenters. The van der Waals surface area contributed by atoms with Gasteiger partial charge in [-0.25, -0.2) is 4.79 Å². The molecule has 0 radical (unpaired) electrons. The first-order chi connectivity index (χ1) is 10.3. The molecule has 1 saturated heterocycles. The summed E-state index contributed by atoms with van der Waals surface area (Å²) >= 11 is 7.74. The first-order valence-corrected chi connectivity index (χ1v) is 8.92. The molecule has 1 aliphatic heterocycles. The first-order valence-electron chi connectivity index (χ1n) is 7.39. The summed E-state index contributed by atoms with van der Waals surface area (Å²) in [7, 11) is 0. The summed E-state index contributed by atoms with van der Waals surface area (Å²) in [5.41, 5.74) is 0.0958. The van der Waals surface area contributed by atoms with Gasteiger partial charge in [-0.15, -0.1) is 0 Å². The minimum absolute atomic E-state index is 0.220. The van der Waals surface area contributed by atoms with Gasteiger partial charge < -0.3 is 15.7 Å². The van der Waals surface area contributed by atoms with Crippen molar-refractivity contribution in [1.29, 1.82) is 0 Å². The molecule has 1 fully saturated rings. The van der Waals surface area contributed by atoms with Crippen LogP contribution in [0.5, 0.6) is 0 Å². The summed E-state index contributed by atoms with van der Waals surface area (Å²) in [6.45, 7) is 4.90. The number of aliphatic hydroxyl groups is 1. The largest absolute Gasteiger partial charge is 0.387 e. The number of urea groups is 1. The van der Waals surface area contributed by atoms with Gasteiger partial charge in [0.15, 0.2) is 0 Å². The van der Waals surface area contributed by atoms with Crippen LogP contribution in [0.3, 0.4) is 0 Å². The molecule has 0 spiro atoms. The number of nitrogens with one attached hydrogen (secondary N) is 2. The van der Waals surface area contributed by atoms with E-state index in [1.165, 1.54) is 0 Å². The zero-order valence-corrected chi connectivity index (χ0v) is 14.6. The van der Waals surface area contributed by atoms with Gasteiger partial charge in [-0.1, -0.05) is 37.6 Å². The highest BCUT2D eigenvalue weighted by Gasteiger charge is 2.32. The molecule has 22 heavy (non-hydrogen) atoms. The molecule has 2 rings (SSSR count). The van der Waals surface area contributed by atoms with Gasteiger partial charge in [-0.3, -0.25) is 0 Å². The summed E-state index contributed by atoms with van der Waals surface area (Å²) in [4.78, 5) is 11.9. The Hall–Kier alpha value is -0.910. The lowest BCUT2D eigenvalue weighted by Crippen LogP contribution is -2.48. The molecule has 0 bridgehead atoms. The van der Waals surface area contributed by atoms with Crippen LogP contribution >= 0.6 is 23.4 Å². The van der Waals surface area contributed by atoms with Crippen LogP contribution in [0, 0.1) is 0 Å². The Morgan fingerprint density at radius 2 is 2.23 bits per heavy atom. The van der Waals surface area contributed by atoms with Crippen LogP contribution in [0.1, 0.15) is 25.8 Å². The second-order valence-electron chi connectivity index (χ2n) is 6.46. The summed E-state index contributed by atoms with van der Waals surface area (Å²) < 4.78 is 0. The molecule has 6 heteroatoms. The zero-order chi connectivity index (χ0) is 16.2. The molecule has 2 amide bonds. The number of carbonyl (C=O) groups is 1. The smallest absolute Gasteiger partial charge is 0.314 e.